The molecule has 1 heterocycles. The Morgan fingerprint density at radius 2 is 1.83 bits per heavy atom. The topological polar surface area (TPSA) is 54.3 Å². The summed E-state index contributed by atoms with van der Waals surface area (Å²) < 4.78 is 1.66. The molecule has 0 aliphatic carbocycles. The first kappa shape index (κ1) is 17.7. The number of benzene rings is 1. The third kappa shape index (κ3) is 5.85. The number of rotatable bonds is 7. The Morgan fingerprint density at radius 1 is 1.12 bits per heavy atom. The Balaban J connectivity index is 1.86. The fraction of sp³-hybridized carbons (Fsp3) is 0.263. The number of pyridine rings is 1. The van der Waals surface area contributed by atoms with Crippen molar-refractivity contribution in [2.45, 2.75) is 13.1 Å². The van der Waals surface area contributed by atoms with E-state index in [2.05, 4.69) is 5.32 Å². The Morgan fingerprint density at radius 3 is 2.50 bits per heavy atom. The van der Waals surface area contributed by atoms with Gasteiger partial charge in [0.25, 0.3) is 5.56 Å². The number of likely N-dealkylation sites (N-methyl/N-ethyl adjacent to an activating group) is 1. The second-order valence-corrected chi connectivity index (χ2v) is 5.87. The van der Waals surface area contributed by atoms with Gasteiger partial charge in [0.2, 0.25) is 5.91 Å². The predicted molar refractivity (Wildman–Crippen MR) is 95.8 cm³/mol. The molecule has 0 aliphatic heterocycles. The molecule has 0 unspecified atom stereocenters. The lowest BCUT2D eigenvalue weighted by Gasteiger charge is -2.07. The van der Waals surface area contributed by atoms with Crippen LogP contribution in [0.3, 0.4) is 0 Å². The van der Waals surface area contributed by atoms with E-state index < -0.39 is 0 Å². The van der Waals surface area contributed by atoms with Crippen LogP contribution in [0.1, 0.15) is 11.1 Å². The molecule has 0 fully saturated rings. The summed E-state index contributed by atoms with van der Waals surface area (Å²) in [5.74, 6) is -0.100. The van der Waals surface area contributed by atoms with Gasteiger partial charge in [-0.2, -0.15) is 0 Å². The van der Waals surface area contributed by atoms with Gasteiger partial charge in [0.1, 0.15) is 0 Å². The van der Waals surface area contributed by atoms with Crippen molar-refractivity contribution in [3.8, 4) is 0 Å². The summed E-state index contributed by atoms with van der Waals surface area (Å²) in [4.78, 5) is 25.4. The molecule has 0 spiro atoms. The number of hydrogen-bond donors (Lipinski definition) is 1. The monoisotopic (exact) mass is 325 g/mol. The second kappa shape index (κ2) is 8.84. The van der Waals surface area contributed by atoms with E-state index in [1.807, 2.05) is 55.4 Å². The predicted octanol–water partition coefficient (Wildman–Crippen LogP) is 1.63. The van der Waals surface area contributed by atoms with Crippen LogP contribution in [0.5, 0.6) is 0 Å². The molecule has 2 aromatic rings. The van der Waals surface area contributed by atoms with Gasteiger partial charge in [-0.3, -0.25) is 9.59 Å². The van der Waals surface area contributed by atoms with Crippen molar-refractivity contribution in [1.29, 1.82) is 0 Å². The molecule has 1 N–H and O–H groups in total. The van der Waals surface area contributed by atoms with Crippen molar-refractivity contribution in [3.63, 3.8) is 0 Å². The molecule has 24 heavy (non-hydrogen) atoms. The summed E-state index contributed by atoms with van der Waals surface area (Å²) in [5.41, 5.74) is 2.05. The number of carbonyl (C=O) groups is 1. The van der Waals surface area contributed by atoms with Crippen LogP contribution < -0.4 is 10.9 Å². The number of aromatic nitrogens is 1. The quantitative estimate of drug-likeness (QED) is 0.787. The minimum Gasteiger partial charge on any atom is -0.348 e. The zero-order chi connectivity index (χ0) is 17.4. The lowest BCUT2D eigenvalue weighted by atomic mass is 10.1. The van der Waals surface area contributed by atoms with Gasteiger partial charge < -0.3 is 14.8 Å². The second-order valence-electron chi connectivity index (χ2n) is 5.87. The minimum absolute atomic E-state index is 0.0154. The van der Waals surface area contributed by atoms with Gasteiger partial charge in [-0.05, 0) is 31.3 Å². The van der Waals surface area contributed by atoms with Gasteiger partial charge in [0, 0.05) is 31.4 Å². The van der Waals surface area contributed by atoms with Crippen LogP contribution in [0.4, 0.5) is 0 Å². The summed E-state index contributed by atoms with van der Waals surface area (Å²) in [6.45, 7) is 1.76. The summed E-state index contributed by atoms with van der Waals surface area (Å²) in [5, 5.41) is 2.85. The van der Waals surface area contributed by atoms with E-state index in [-0.39, 0.29) is 11.5 Å². The van der Waals surface area contributed by atoms with Crippen molar-refractivity contribution >= 4 is 5.91 Å². The zero-order valence-electron chi connectivity index (χ0n) is 14.1. The smallest absolute Gasteiger partial charge is 0.250 e. The highest BCUT2D eigenvalue weighted by atomic mass is 16.1. The average molecular weight is 325 g/mol. The summed E-state index contributed by atoms with van der Waals surface area (Å²) in [7, 11) is 3.90. The SMILES string of the molecule is CN(C)C/C=C/C(=O)NCc1ccc(Cn2ccccc2=O)cc1. The number of nitrogens with zero attached hydrogens (tertiary/aromatic N) is 2. The molecule has 5 heteroatoms. The molecule has 0 aliphatic rings. The molecule has 5 nitrogen and oxygen atoms in total. The van der Waals surface area contributed by atoms with E-state index in [1.165, 1.54) is 0 Å². The molecular formula is C19H23N3O2. The van der Waals surface area contributed by atoms with E-state index in [0.717, 1.165) is 17.7 Å². The maximum atomic E-state index is 11.7. The fourth-order valence-corrected chi connectivity index (χ4v) is 2.17. The molecule has 1 amide bonds. The van der Waals surface area contributed by atoms with Crippen LogP contribution in [0.25, 0.3) is 0 Å². The largest absolute Gasteiger partial charge is 0.348 e. The number of hydrogen-bond acceptors (Lipinski definition) is 3. The van der Waals surface area contributed by atoms with Crippen LogP contribution in [-0.2, 0) is 17.9 Å². The molecule has 0 saturated carbocycles. The summed E-state index contributed by atoms with van der Waals surface area (Å²) in [6.07, 6.45) is 5.16. The van der Waals surface area contributed by atoms with Crippen molar-refractivity contribution in [2.75, 3.05) is 20.6 Å². The summed E-state index contributed by atoms with van der Waals surface area (Å²) in [6, 6.07) is 13.0. The standard InChI is InChI=1S/C19H23N3O2/c1-21(2)12-5-6-18(23)20-14-16-8-10-17(11-9-16)15-22-13-4-3-7-19(22)24/h3-11,13H,12,14-15H2,1-2H3,(H,20,23)/b6-5+. The lowest BCUT2D eigenvalue weighted by molar-refractivity contribution is -0.116. The van der Waals surface area contributed by atoms with Gasteiger partial charge in [-0.15, -0.1) is 0 Å². The number of amides is 1. The molecule has 2 rings (SSSR count). The van der Waals surface area contributed by atoms with Crippen LogP contribution in [0, 0.1) is 0 Å². The molecule has 0 atom stereocenters. The van der Waals surface area contributed by atoms with Gasteiger partial charge in [-0.1, -0.05) is 36.4 Å². The Hall–Kier alpha value is -2.66. The Labute approximate surface area is 142 Å². The van der Waals surface area contributed by atoms with Crippen molar-refractivity contribution < 1.29 is 4.79 Å². The van der Waals surface area contributed by atoms with E-state index in [1.54, 1.807) is 29.0 Å². The van der Waals surface area contributed by atoms with Crippen molar-refractivity contribution in [1.82, 2.24) is 14.8 Å². The van der Waals surface area contributed by atoms with E-state index >= 15 is 0 Å². The normalized spacial score (nSPS) is 11.1. The average Bonchev–Trinajstić information content (AvgIpc) is 2.56. The van der Waals surface area contributed by atoms with E-state index in [4.69, 9.17) is 0 Å². The highest BCUT2D eigenvalue weighted by molar-refractivity contribution is 5.87. The summed E-state index contributed by atoms with van der Waals surface area (Å²) >= 11 is 0. The molecule has 1 aromatic carbocycles. The Bertz CT molecular complexity index is 746. The van der Waals surface area contributed by atoms with Crippen molar-refractivity contribution in [2.24, 2.45) is 0 Å². The first-order valence-electron chi connectivity index (χ1n) is 7.87. The molecule has 0 radical (unpaired) electrons. The molecule has 126 valence electrons. The maximum Gasteiger partial charge on any atom is 0.250 e. The van der Waals surface area contributed by atoms with Crippen molar-refractivity contribution in [3.05, 3.63) is 82.3 Å². The lowest BCUT2D eigenvalue weighted by Crippen LogP contribution is -2.21. The van der Waals surface area contributed by atoms with Crippen LogP contribution in [0.15, 0.2) is 65.6 Å². The van der Waals surface area contributed by atoms with Gasteiger partial charge in [0.15, 0.2) is 0 Å². The first-order valence-corrected chi connectivity index (χ1v) is 7.87. The van der Waals surface area contributed by atoms with E-state index in [0.29, 0.717) is 13.1 Å². The molecular weight excluding hydrogens is 302 g/mol. The third-order valence-corrected chi connectivity index (χ3v) is 3.48. The third-order valence-electron chi connectivity index (χ3n) is 3.48. The molecule has 1 aromatic heterocycles. The highest BCUT2D eigenvalue weighted by Crippen LogP contribution is 2.05. The number of nitrogens with one attached hydrogen (secondary N) is 1. The first-order chi connectivity index (χ1) is 11.5. The van der Waals surface area contributed by atoms with Crippen LogP contribution in [0.2, 0.25) is 0 Å². The van der Waals surface area contributed by atoms with Crippen LogP contribution in [-0.4, -0.2) is 36.0 Å². The van der Waals surface area contributed by atoms with E-state index in [9.17, 15) is 9.59 Å². The molecule has 0 bridgehead atoms. The molecule has 0 saturated heterocycles. The number of carbonyl (C=O) groups excluding carboxylic acids is 1. The van der Waals surface area contributed by atoms with Crippen LogP contribution >= 0.6 is 0 Å². The highest BCUT2D eigenvalue weighted by Gasteiger charge is 2.00. The maximum absolute atomic E-state index is 11.7. The van der Waals surface area contributed by atoms with Gasteiger partial charge in [-0.25, -0.2) is 0 Å². The zero-order valence-corrected chi connectivity index (χ0v) is 14.1. The van der Waals surface area contributed by atoms with Gasteiger partial charge in [0.05, 0.1) is 6.54 Å². The Kier molecular flexibility index (Phi) is 6.51. The fourth-order valence-electron chi connectivity index (χ4n) is 2.17. The van der Waals surface area contributed by atoms with Gasteiger partial charge >= 0.3 is 0 Å². The minimum atomic E-state index is -0.100.